The van der Waals surface area contributed by atoms with Gasteiger partial charge in [-0.3, -0.25) is 9.69 Å². The predicted molar refractivity (Wildman–Crippen MR) is 102 cm³/mol. The normalized spacial score (nSPS) is 21.2. The van der Waals surface area contributed by atoms with Gasteiger partial charge in [-0.15, -0.1) is 0 Å². The number of carbonyl (C=O) groups excluding carboxylic acids is 1. The van der Waals surface area contributed by atoms with Crippen LogP contribution in [-0.2, 0) is 25.3 Å². The molecule has 1 atom stereocenters. The molecule has 2 aliphatic heterocycles. The number of ether oxygens (including phenoxy) is 3. The average Bonchev–Trinajstić information content (AvgIpc) is 2.70. The Morgan fingerprint density at radius 2 is 1.93 bits per heavy atom. The molecule has 0 aromatic heterocycles. The summed E-state index contributed by atoms with van der Waals surface area (Å²) in [7, 11) is -1.42. The van der Waals surface area contributed by atoms with Gasteiger partial charge in [0.15, 0.2) is 0 Å². The van der Waals surface area contributed by atoms with Crippen molar-refractivity contribution in [1.82, 2.24) is 9.21 Å². The number of benzene rings is 1. The van der Waals surface area contributed by atoms with E-state index in [1.165, 1.54) is 24.3 Å². The summed E-state index contributed by atoms with van der Waals surface area (Å²) < 4.78 is 54.8. The van der Waals surface area contributed by atoms with Crippen molar-refractivity contribution in [3.05, 3.63) is 24.3 Å². The van der Waals surface area contributed by atoms with E-state index in [4.69, 9.17) is 9.47 Å². The van der Waals surface area contributed by atoms with Crippen LogP contribution >= 0.6 is 0 Å². The van der Waals surface area contributed by atoms with Crippen LogP contribution in [-0.4, -0.2) is 77.5 Å². The Kier molecular flexibility index (Phi) is 7.55. The summed E-state index contributed by atoms with van der Waals surface area (Å²) in [6.45, 7) is 2.46. The maximum absolute atomic E-state index is 13.0. The molecule has 1 aromatic rings. The topological polar surface area (TPSA) is 68.3 Å². The van der Waals surface area contributed by atoms with Crippen molar-refractivity contribution in [2.75, 3.05) is 45.9 Å². The first-order valence-corrected chi connectivity index (χ1v) is 10.7. The van der Waals surface area contributed by atoms with Gasteiger partial charge in [0.25, 0.3) is 0 Å². The Labute approximate surface area is 171 Å². The molecule has 2 heterocycles. The third-order valence-corrected chi connectivity index (χ3v) is 6.58. The zero-order valence-electron chi connectivity index (χ0n) is 16.4. The van der Waals surface area contributed by atoms with E-state index >= 15 is 0 Å². The van der Waals surface area contributed by atoms with E-state index in [0.29, 0.717) is 44.3 Å². The van der Waals surface area contributed by atoms with E-state index in [0.717, 1.165) is 12.8 Å². The van der Waals surface area contributed by atoms with Crippen LogP contribution in [0.3, 0.4) is 0 Å². The number of alkyl halides is 2. The lowest BCUT2D eigenvalue weighted by molar-refractivity contribution is -0.148. The summed E-state index contributed by atoms with van der Waals surface area (Å²) in [5.74, 6) is -0.191. The van der Waals surface area contributed by atoms with Gasteiger partial charge < -0.3 is 14.2 Å². The van der Waals surface area contributed by atoms with Crippen LogP contribution in [0, 0.1) is 0 Å². The highest BCUT2D eigenvalue weighted by atomic mass is 32.2. The monoisotopic (exact) mass is 432 g/mol. The van der Waals surface area contributed by atoms with Gasteiger partial charge in [-0.25, -0.2) is 8.51 Å². The molecule has 10 heteroatoms. The Balaban J connectivity index is 1.56. The van der Waals surface area contributed by atoms with Crippen molar-refractivity contribution in [2.24, 2.45) is 0 Å². The van der Waals surface area contributed by atoms with Gasteiger partial charge in [0, 0.05) is 26.2 Å². The van der Waals surface area contributed by atoms with Gasteiger partial charge in [0.2, 0.25) is 0 Å². The van der Waals surface area contributed by atoms with Gasteiger partial charge in [-0.1, -0.05) is 0 Å². The summed E-state index contributed by atoms with van der Waals surface area (Å²) in [4.78, 5) is 14.2. The van der Waals surface area contributed by atoms with E-state index in [1.807, 2.05) is 9.21 Å². The van der Waals surface area contributed by atoms with Crippen LogP contribution in [0.5, 0.6) is 5.75 Å². The summed E-state index contributed by atoms with van der Waals surface area (Å²) in [5.41, 5.74) is -0.391. The van der Waals surface area contributed by atoms with Gasteiger partial charge in [-0.2, -0.15) is 8.78 Å². The Hall–Kier alpha value is -1.62. The first kappa shape index (κ1) is 22.1. The number of carbonyl (C=O) groups is 1. The van der Waals surface area contributed by atoms with Crippen molar-refractivity contribution in [1.29, 1.82) is 0 Å². The van der Waals surface area contributed by atoms with E-state index in [9.17, 15) is 17.8 Å². The second-order valence-corrected chi connectivity index (χ2v) is 8.56. The van der Waals surface area contributed by atoms with Crippen molar-refractivity contribution >= 4 is 17.0 Å². The van der Waals surface area contributed by atoms with Crippen molar-refractivity contribution in [3.63, 3.8) is 0 Å². The first-order valence-electron chi connectivity index (χ1n) is 9.64. The average molecular weight is 432 g/mol. The number of halogens is 2. The smallest absolute Gasteiger partial charge is 0.387 e. The molecule has 162 valence electrons. The van der Waals surface area contributed by atoms with Crippen LogP contribution in [0.4, 0.5) is 8.78 Å². The number of hydrogen-bond acceptors (Lipinski definition) is 6. The molecule has 3 rings (SSSR count). The molecule has 0 N–H and O–H groups in total. The lowest BCUT2D eigenvalue weighted by atomic mass is 9.90. The molecule has 0 amide bonds. The fraction of sp³-hybridized carbons (Fsp3) is 0.632. The molecular weight excluding hydrogens is 406 g/mol. The van der Waals surface area contributed by atoms with Gasteiger partial charge >= 0.3 is 12.6 Å². The second kappa shape index (κ2) is 9.92. The van der Waals surface area contributed by atoms with Crippen molar-refractivity contribution in [2.45, 2.75) is 36.9 Å². The molecule has 1 unspecified atom stereocenters. The van der Waals surface area contributed by atoms with Gasteiger partial charge in [0.05, 0.1) is 30.3 Å². The number of morpholine rings is 1. The SMILES string of the molecule is CCOC(=O)CN1CCC2(CC1)CN(S(=O)c1ccc(OC(F)F)cc1)CCO2. The number of nitrogens with zero attached hydrogens (tertiary/aromatic N) is 2. The lowest BCUT2D eigenvalue weighted by Crippen LogP contribution is -2.57. The predicted octanol–water partition coefficient (Wildman–Crippen LogP) is 2.04. The number of rotatable bonds is 7. The Bertz CT molecular complexity index is 711. The quantitative estimate of drug-likeness (QED) is 0.615. The first-order chi connectivity index (χ1) is 13.9. The Morgan fingerprint density at radius 3 is 2.55 bits per heavy atom. The van der Waals surface area contributed by atoms with Crippen LogP contribution in [0.25, 0.3) is 0 Å². The summed E-state index contributed by atoms with van der Waals surface area (Å²) >= 11 is 0. The number of esters is 1. The molecule has 2 fully saturated rings. The summed E-state index contributed by atoms with van der Waals surface area (Å²) in [5, 5.41) is 0. The molecule has 1 spiro atoms. The number of piperidine rings is 1. The number of likely N-dealkylation sites (tertiary alicyclic amines) is 1. The van der Waals surface area contributed by atoms with Crippen LogP contribution in [0.1, 0.15) is 19.8 Å². The zero-order chi connectivity index (χ0) is 20.9. The molecular formula is C19H26F2N2O5S. The minimum Gasteiger partial charge on any atom is -0.465 e. The van der Waals surface area contributed by atoms with E-state index in [-0.39, 0.29) is 18.3 Å². The lowest BCUT2D eigenvalue weighted by Gasteiger charge is -2.46. The summed E-state index contributed by atoms with van der Waals surface area (Å²) in [6.07, 6.45) is 1.47. The van der Waals surface area contributed by atoms with Crippen LogP contribution in [0.2, 0.25) is 0 Å². The second-order valence-electron chi connectivity index (χ2n) is 7.08. The summed E-state index contributed by atoms with van der Waals surface area (Å²) in [6, 6.07) is 5.86. The molecule has 2 saturated heterocycles. The fourth-order valence-electron chi connectivity index (χ4n) is 3.65. The standard InChI is InChI=1S/C19H26F2N2O5S/c1-2-26-17(24)13-22-9-7-19(8-10-22)14-23(11-12-27-19)29(25)16-5-3-15(4-6-16)28-18(20)21/h3-6,18H,2,7-14H2,1H3. The molecule has 29 heavy (non-hydrogen) atoms. The minimum absolute atomic E-state index is 0.0353. The van der Waals surface area contributed by atoms with Crippen molar-refractivity contribution < 1.29 is 32.0 Å². The van der Waals surface area contributed by atoms with Gasteiger partial charge in [0.1, 0.15) is 16.7 Å². The highest BCUT2D eigenvalue weighted by molar-refractivity contribution is 7.82. The third-order valence-electron chi connectivity index (χ3n) is 5.12. The van der Waals surface area contributed by atoms with Crippen LogP contribution < -0.4 is 4.74 Å². The largest absolute Gasteiger partial charge is 0.465 e. The molecule has 7 nitrogen and oxygen atoms in total. The molecule has 0 bridgehead atoms. The Morgan fingerprint density at radius 1 is 1.24 bits per heavy atom. The van der Waals surface area contributed by atoms with Gasteiger partial charge in [-0.05, 0) is 44.0 Å². The van der Waals surface area contributed by atoms with E-state index in [1.54, 1.807) is 6.92 Å². The highest BCUT2D eigenvalue weighted by Crippen LogP contribution is 2.32. The maximum Gasteiger partial charge on any atom is 0.387 e. The molecule has 1 aromatic carbocycles. The minimum atomic E-state index is -2.89. The molecule has 2 aliphatic rings. The van der Waals surface area contributed by atoms with Crippen LogP contribution in [0.15, 0.2) is 29.2 Å². The molecule has 0 radical (unpaired) electrons. The van der Waals surface area contributed by atoms with E-state index in [2.05, 4.69) is 4.74 Å². The number of hydrogen-bond donors (Lipinski definition) is 0. The maximum atomic E-state index is 13.0. The van der Waals surface area contributed by atoms with Crippen molar-refractivity contribution in [3.8, 4) is 5.75 Å². The fourth-order valence-corrected chi connectivity index (χ4v) is 4.91. The zero-order valence-corrected chi connectivity index (χ0v) is 17.2. The third kappa shape index (κ3) is 5.94. The highest BCUT2D eigenvalue weighted by Gasteiger charge is 2.41. The molecule has 0 saturated carbocycles. The van der Waals surface area contributed by atoms with E-state index < -0.39 is 23.2 Å². The molecule has 0 aliphatic carbocycles.